The molecule has 3 rings (SSSR count). The Bertz CT molecular complexity index is 723. The van der Waals surface area contributed by atoms with E-state index < -0.39 is 5.82 Å². The number of nitrogens with zero attached hydrogens (tertiary/aromatic N) is 2. The van der Waals surface area contributed by atoms with E-state index in [1.807, 2.05) is 0 Å². The first-order chi connectivity index (χ1) is 13.1. The molecule has 1 aliphatic carbocycles. The maximum Gasteiger partial charge on any atom is 0.137 e. The number of likely N-dealkylation sites (tertiary alicyclic amines) is 1. The Balaban J connectivity index is 1.66. The third-order valence-electron chi connectivity index (χ3n) is 5.14. The molecule has 0 aromatic heterocycles. The standard InChI is InChI=1S/C22H28ClFN2O/c23-20-14-19(21(24)15-22(20)27)17-26(13-7-12-25-10-5-6-11-25)16-18-8-3-1-2-4-9-18/h1-3,8-9,14-15,27H,4-7,10-13,16-17H2. The van der Waals surface area contributed by atoms with E-state index in [9.17, 15) is 9.50 Å². The Morgan fingerprint density at radius 1 is 1.15 bits per heavy atom. The second kappa shape index (κ2) is 10.1. The minimum absolute atomic E-state index is 0.196. The van der Waals surface area contributed by atoms with E-state index in [0.29, 0.717) is 12.1 Å². The fourth-order valence-electron chi connectivity index (χ4n) is 3.68. The lowest BCUT2D eigenvalue weighted by molar-refractivity contribution is 0.252. The van der Waals surface area contributed by atoms with Crippen molar-refractivity contribution in [3.63, 3.8) is 0 Å². The van der Waals surface area contributed by atoms with Crippen LogP contribution in [0, 0.1) is 5.82 Å². The van der Waals surface area contributed by atoms with Crippen LogP contribution in [0.3, 0.4) is 0 Å². The summed E-state index contributed by atoms with van der Waals surface area (Å²) < 4.78 is 14.3. The Morgan fingerprint density at radius 2 is 1.96 bits per heavy atom. The Labute approximate surface area is 166 Å². The smallest absolute Gasteiger partial charge is 0.137 e. The predicted octanol–water partition coefficient (Wildman–Crippen LogP) is 4.92. The minimum Gasteiger partial charge on any atom is -0.506 e. The molecule has 1 aromatic carbocycles. The van der Waals surface area contributed by atoms with Gasteiger partial charge in [-0.2, -0.15) is 0 Å². The molecule has 1 fully saturated rings. The topological polar surface area (TPSA) is 26.7 Å². The average molecular weight is 391 g/mol. The number of allylic oxidation sites excluding steroid dienone is 4. The number of benzene rings is 1. The van der Waals surface area contributed by atoms with E-state index in [2.05, 4.69) is 40.2 Å². The van der Waals surface area contributed by atoms with Crippen LogP contribution in [0.2, 0.25) is 5.02 Å². The predicted molar refractivity (Wildman–Crippen MR) is 110 cm³/mol. The van der Waals surface area contributed by atoms with Crippen LogP contribution < -0.4 is 0 Å². The molecule has 0 spiro atoms. The SMILES string of the molecule is Oc1cc(F)c(CN(CCCN2CCCC2)CC2=CCC=CC=C2)cc1Cl. The second-order valence-corrected chi connectivity index (χ2v) is 7.72. The van der Waals surface area contributed by atoms with Gasteiger partial charge in [0.25, 0.3) is 0 Å². The lowest BCUT2D eigenvalue weighted by Crippen LogP contribution is -2.30. The lowest BCUT2D eigenvalue weighted by atomic mass is 10.1. The molecule has 1 N–H and O–H groups in total. The third kappa shape index (κ3) is 6.20. The molecule has 2 aliphatic rings. The molecule has 0 bridgehead atoms. The molecule has 5 heteroatoms. The minimum atomic E-state index is -0.409. The van der Waals surface area contributed by atoms with Crippen molar-refractivity contribution in [2.24, 2.45) is 0 Å². The molecule has 0 atom stereocenters. The number of hydrogen-bond acceptors (Lipinski definition) is 3. The lowest BCUT2D eigenvalue weighted by Gasteiger charge is -2.25. The summed E-state index contributed by atoms with van der Waals surface area (Å²) in [6.07, 6.45) is 15.1. The van der Waals surface area contributed by atoms with Crippen LogP contribution in [0.1, 0.15) is 31.2 Å². The summed E-state index contributed by atoms with van der Waals surface area (Å²) in [5.74, 6) is -0.618. The molecule has 1 aliphatic heterocycles. The Hall–Kier alpha value is -1.62. The summed E-state index contributed by atoms with van der Waals surface area (Å²) in [7, 11) is 0. The van der Waals surface area contributed by atoms with E-state index in [4.69, 9.17) is 11.6 Å². The molecule has 0 unspecified atom stereocenters. The Kier molecular flexibility index (Phi) is 7.50. The van der Waals surface area contributed by atoms with Gasteiger partial charge in [-0.25, -0.2) is 4.39 Å². The molecule has 3 nitrogen and oxygen atoms in total. The molecule has 1 saturated heterocycles. The highest BCUT2D eigenvalue weighted by molar-refractivity contribution is 6.32. The van der Waals surface area contributed by atoms with Crippen LogP contribution in [0.25, 0.3) is 0 Å². The van der Waals surface area contributed by atoms with Gasteiger partial charge in [-0.05, 0) is 57.0 Å². The van der Waals surface area contributed by atoms with Crippen molar-refractivity contribution in [1.82, 2.24) is 9.80 Å². The number of phenolic OH excluding ortho intramolecular Hbond substituents is 1. The molecule has 146 valence electrons. The van der Waals surface area contributed by atoms with Gasteiger partial charge in [0.15, 0.2) is 0 Å². The van der Waals surface area contributed by atoms with Gasteiger partial charge in [0.2, 0.25) is 0 Å². The molecule has 0 amide bonds. The number of halogens is 2. The molecule has 0 saturated carbocycles. The first-order valence-corrected chi connectivity index (χ1v) is 10.1. The summed E-state index contributed by atoms with van der Waals surface area (Å²) >= 11 is 6.00. The van der Waals surface area contributed by atoms with Crippen LogP contribution in [0.4, 0.5) is 4.39 Å². The van der Waals surface area contributed by atoms with E-state index in [0.717, 1.165) is 38.5 Å². The van der Waals surface area contributed by atoms with Crippen LogP contribution in [-0.2, 0) is 6.54 Å². The van der Waals surface area contributed by atoms with Crippen molar-refractivity contribution in [3.8, 4) is 5.75 Å². The highest BCUT2D eigenvalue weighted by Gasteiger charge is 2.15. The summed E-state index contributed by atoms with van der Waals surface area (Å²) in [4.78, 5) is 4.77. The van der Waals surface area contributed by atoms with Crippen molar-refractivity contribution in [1.29, 1.82) is 0 Å². The van der Waals surface area contributed by atoms with Crippen LogP contribution >= 0.6 is 11.6 Å². The number of aromatic hydroxyl groups is 1. The summed E-state index contributed by atoms with van der Waals surface area (Å²) in [6.45, 7) is 5.63. The quantitative estimate of drug-likeness (QED) is 0.682. The van der Waals surface area contributed by atoms with Crippen molar-refractivity contribution < 1.29 is 9.50 Å². The van der Waals surface area contributed by atoms with Crippen molar-refractivity contribution in [2.75, 3.05) is 32.7 Å². The number of rotatable bonds is 8. The Morgan fingerprint density at radius 3 is 2.78 bits per heavy atom. The first-order valence-electron chi connectivity index (χ1n) is 9.75. The van der Waals surface area contributed by atoms with Crippen LogP contribution in [-0.4, -0.2) is 47.6 Å². The van der Waals surface area contributed by atoms with Gasteiger partial charge in [-0.1, -0.05) is 42.0 Å². The average Bonchev–Trinajstić information content (AvgIpc) is 3.02. The summed E-state index contributed by atoms with van der Waals surface area (Å²) in [5.41, 5.74) is 1.77. The molecular weight excluding hydrogens is 363 g/mol. The molecule has 27 heavy (non-hydrogen) atoms. The highest BCUT2D eigenvalue weighted by Crippen LogP contribution is 2.27. The van der Waals surface area contributed by atoms with Gasteiger partial charge >= 0.3 is 0 Å². The molecule has 0 radical (unpaired) electrons. The third-order valence-corrected chi connectivity index (χ3v) is 5.44. The van der Waals surface area contributed by atoms with Crippen molar-refractivity contribution >= 4 is 11.6 Å². The maximum absolute atomic E-state index is 14.3. The zero-order valence-electron chi connectivity index (χ0n) is 15.7. The first kappa shape index (κ1) is 20.1. The van der Waals surface area contributed by atoms with E-state index in [1.165, 1.54) is 31.5 Å². The van der Waals surface area contributed by atoms with E-state index >= 15 is 0 Å². The monoisotopic (exact) mass is 390 g/mol. The van der Waals surface area contributed by atoms with Gasteiger partial charge in [0.1, 0.15) is 11.6 Å². The number of phenols is 1. The van der Waals surface area contributed by atoms with Gasteiger partial charge < -0.3 is 10.0 Å². The summed E-state index contributed by atoms with van der Waals surface area (Å²) in [6, 6.07) is 2.65. The molecule has 1 aromatic rings. The second-order valence-electron chi connectivity index (χ2n) is 7.31. The van der Waals surface area contributed by atoms with Crippen molar-refractivity contribution in [3.05, 3.63) is 64.5 Å². The molecular formula is C22H28ClFN2O. The normalized spacial score (nSPS) is 17.5. The fraction of sp³-hybridized carbons (Fsp3) is 0.455. The van der Waals surface area contributed by atoms with Gasteiger partial charge in [0, 0.05) is 31.3 Å². The maximum atomic E-state index is 14.3. The largest absolute Gasteiger partial charge is 0.506 e. The van der Waals surface area contributed by atoms with Gasteiger partial charge in [0.05, 0.1) is 5.02 Å². The molecule has 1 heterocycles. The zero-order valence-corrected chi connectivity index (χ0v) is 16.5. The van der Waals surface area contributed by atoms with Crippen molar-refractivity contribution in [2.45, 2.75) is 32.2 Å². The van der Waals surface area contributed by atoms with E-state index in [-0.39, 0.29) is 10.8 Å². The van der Waals surface area contributed by atoms with Gasteiger partial charge in [-0.15, -0.1) is 0 Å². The van der Waals surface area contributed by atoms with Crippen LogP contribution in [0.5, 0.6) is 5.75 Å². The fourth-order valence-corrected chi connectivity index (χ4v) is 3.86. The summed E-state index contributed by atoms with van der Waals surface area (Å²) in [5, 5.41) is 9.79. The number of hydrogen-bond donors (Lipinski definition) is 1. The highest BCUT2D eigenvalue weighted by atomic mass is 35.5. The van der Waals surface area contributed by atoms with Crippen LogP contribution in [0.15, 0.2) is 48.1 Å². The van der Waals surface area contributed by atoms with Gasteiger partial charge in [-0.3, -0.25) is 4.90 Å². The zero-order chi connectivity index (χ0) is 19.1. The van der Waals surface area contributed by atoms with E-state index in [1.54, 1.807) is 6.07 Å².